The van der Waals surface area contributed by atoms with Crippen molar-refractivity contribution in [3.63, 3.8) is 0 Å². The van der Waals surface area contributed by atoms with Crippen molar-refractivity contribution in [2.75, 3.05) is 31.1 Å². The van der Waals surface area contributed by atoms with Crippen LogP contribution in [0.15, 0.2) is 109 Å². The van der Waals surface area contributed by atoms with Crippen molar-refractivity contribution in [3.8, 4) is 11.4 Å². The van der Waals surface area contributed by atoms with Gasteiger partial charge in [0, 0.05) is 55.5 Å². The second-order valence-corrected chi connectivity index (χ2v) is 10.8. The summed E-state index contributed by atoms with van der Waals surface area (Å²) < 4.78 is 16.3. The van der Waals surface area contributed by atoms with Gasteiger partial charge in [-0.2, -0.15) is 0 Å². The minimum Gasteiger partial charge on any atom is -0.366 e. The fraction of sp³-hybridized carbons (Fsp3) is 0.188. The van der Waals surface area contributed by atoms with Crippen molar-refractivity contribution in [2.45, 2.75) is 17.5 Å². The molecule has 0 unspecified atom stereocenters. The maximum atomic E-state index is 14.2. The minimum atomic E-state index is -0.229. The summed E-state index contributed by atoms with van der Waals surface area (Å²) in [7, 11) is 0. The highest BCUT2D eigenvalue weighted by atomic mass is 32.2. The molecular weight excluding hydrogens is 535 g/mol. The van der Waals surface area contributed by atoms with Crippen LogP contribution in [0.4, 0.5) is 10.1 Å². The summed E-state index contributed by atoms with van der Waals surface area (Å²) in [4.78, 5) is 21.1. The van der Waals surface area contributed by atoms with Gasteiger partial charge >= 0.3 is 0 Å². The zero-order chi connectivity index (χ0) is 28.0. The third-order valence-electron chi connectivity index (χ3n) is 7.17. The van der Waals surface area contributed by atoms with Gasteiger partial charge in [0.2, 0.25) is 0 Å². The first-order valence-electron chi connectivity index (χ1n) is 13.5. The third kappa shape index (κ3) is 6.15. The minimum absolute atomic E-state index is 0.00184. The molecule has 1 fully saturated rings. The lowest BCUT2D eigenvalue weighted by Crippen LogP contribution is -2.49. The summed E-state index contributed by atoms with van der Waals surface area (Å²) in [5, 5.41) is 9.84. The molecular formula is C32H29FN6OS. The Morgan fingerprint density at radius 3 is 2.22 bits per heavy atom. The number of carbonyl (C=O) groups is 1. The summed E-state index contributed by atoms with van der Waals surface area (Å²) in [6.07, 6.45) is 3.52. The Balaban J connectivity index is 1.10. The van der Waals surface area contributed by atoms with E-state index in [1.165, 1.54) is 11.6 Å². The molecule has 2 aromatic heterocycles. The van der Waals surface area contributed by atoms with E-state index in [-0.39, 0.29) is 11.7 Å². The molecule has 0 radical (unpaired) electrons. The first kappa shape index (κ1) is 26.7. The lowest BCUT2D eigenvalue weighted by Gasteiger charge is -2.36. The van der Waals surface area contributed by atoms with E-state index in [2.05, 4.69) is 31.9 Å². The van der Waals surface area contributed by atoms with Crippen molar-refractivity contribution in [3.05, 3.63) is 126 Å². The van der Waals surface area contributed by atoms with E-state index in [0.29, 0.717) is 49.7 Å². The quantitative estimate of drug-likeness (QED) is 0.223. The highest BCUT2D eigenvalue weighted by Gasteiger charge is 2.23. The Morgan fingerprint density at radius 1 is 0.780 bits per heavy atom. The summed E-state index contributed by atoms with van der Waals surface area (Å²) in [6.45, 7) is 2.98. The predicted octanol–water partition coefficient (Wildman–Crippen LogP) is 5.78. The number of amides is 1. The number of piperazine rings is 1. The summed E-state index contributed by atoms with van der Waals surface area (Å²) >= 11 is 1.62. The number of para-hydroxylation sites is 1. The molecule has 0 bridgehead atoms. The van der Waals surface area contributed by atoms with Crippen LogP contribution in [0.5, 0.6) is 0 Å². The number of nitrogens with zero attached hydrogens (tertiary/aromatic N) is 6. The number of rotatable bonds is 8. The number of pyridine rings is 1. The molecule has 3 aromatic carbocycles. The van der Waals surface area contributed by atoms with E-state index in [0.717, 1.165) is 22.1 Å². The Labute approximate surface area is 242 Å². The van der Waals surface area contributed by atoms with Gasteiger partial charge in [0.25, 0.3) is 5.91 Å². The van der Waals surface area contributed by atoms with Gasteiger partial charge in [0.1, 0.15) is 5.82 Å². The zero-order valence-corrected chi connectivity index (χ0v) is 23.3. The maximum absolute atomic E-state index is 14.2. The Morgan fingerprint density at radius 2 is 1.49 bits per heavy atom. The van der Waals surface area contributed by atoms with E-state index in [4.69, 9.17) is 0 Å². The molecule has 0 atom stereocenters. The molecule has 6 rings (SSSR count). The molecule has 0 spiro atoms. The van der Waals surface area contributed by atoms with Gasteiger partial charge in [-0.1, -0.05) is 66.4 Å². The summed E-state index contributed by atoms with van der Waals surface area (Å²) in [5.74, 6) is 1.27. The van der Waals surface area contributed by atoms with Gasteiger partial charge in [-0.3, -0.25) is 14.3 Å². The topological polar surface area (TPSA) is 67.2 Å². The largest absolute Gasteiger partial charge is 0.366 e. The maximum Gasteiger partial charge on any atom is 0.253 e. The first-order valence-corrected chi connectivity index (χ1v) is 14.5. The number of benzene rings is 3. The lowest BCUT2D eigenvalue weighted by molar-refractivity contribution is 0.0746. The van der Waals surface area contributed by atoms with Gasteiger partial charge < -0.3 is 9.80 Å². The molecule has 1 amide bonds. The number of anilines is 1. The van der Waals surface area contributed by atoms with Crippen molar-refractivity contribution in [1.29, 1.82) is 0 Å². The highest BCUT2D eigenvalue weighted by Crippen LogP contribution is 2.28. The van der Waals surface area contributed by atoms with Crippen molar-refractivity contribution < 1.29 is 9.18 Å². The Kier molecular flexibility index (Phi) is 8.04. The molecule has 1 saturated heterocycles. The molecule has 41 heavy (non-hydrogen) atoms. The van der Waals surface area contributed by atoms with Gasteiger partial charge in [-0.15, -0.1) is 10.2 Å². The molecule has 3 heterocycles. The molecule has 0 saturated carbocycles. The van der Waals surface area contributed by atoms with E-state index >= 15 is 0 Å². The van der Waals surface area contributed by atoms with Crippen LogP contribution in [-0.2, 0) is 12.3 Å². The van der Waals surface area contributed by atoms with Crippen molar-refractivity contribution >= 4 is 23.4 Å². The smallest absolute Gasteiger partial charge is 0.253 e. The number of hydrogen-bond acceptors (Lipinski definition) is 6. The number of carbonyl (C=O) groups excluding carboxylic acids is 1. The number of hydrogen-bond donors (Lipinski definition) is 0. The second kappa shape index (κ2) is 12.3. The van der Waals surface area contributed by atoms with Gasteiger partial charge in [-0.25, -0.2) is 4.39 Å². The van der Waals surface area contributed by atoms with Crippen molar-refractivity contribution in [1.82, 2.24) is 24.6 Å². The molecule has 9 heteroatoms. The average molecular weight is 565 g/mol. The lowest BCUT2D eigenvalue weighted by atomic mass is 10.1. The van der Waals surface area contributed by atoms with Crippen LogP contribution in [0, 0.1) is 5.82 Å². The average Bonchev–Trinajstić information content (AvgIpc) is 3.43. The van der Waals surface area contributed by atoms with E-state index in [9.17, 15) is 9.18 Å². The number of aromatic nitrogens is 4. The molecule has 1 aliphatic heterocycles. The Hall–Kier alpha value is -4.50. The van der Waals surface area contributed by atoms with Crippen molar-refractivity contribution in [2.24, 2.45) is 0 Å². The normalized spacial score (nSPS) is 13.4. The molecule has 206 valence electrons. The first-order chi connectivity index (χ1) is 20.2. The third-order valence-corrected chi connectivity index (χ3v) is 8.21. The van der Waals surface area contributed by atoms with Crippen LogP contribution in [0.25, 0.3) is 11.4 Å². The highest BCUT2D eigenvalue weighted by molar-refractivity contribution is 7.98. The van der Waals surface area contributed by atoms with Crippen LogP contribution in [-0.4, -0.2) is 56.7 Å². The molecule has 7 nitrogen and oxygen atoms in total. The fourth-order valence-corrected chi connectivity index (χ4v) is 5.84. The number of thioether (sulfide) groups is 1. The fourth-order valence-electron chi connectivity index (χ4n) is 4.95. The van der Waals surface area contributed by atoms with Gasteiger partial charge in [0.15, 0.2) is 11.0 Å². The van der Waals surface area contributed by atoms with Gasteiger partial charge in [-0.05, 0) is 47.5 Å². The number of halogens is 1. The SMILES string of the molecule is O=C(c1ccc(CSc2nnc(-c3ccncc3)n2Cc2ccccc2)cc1)N1CCN(c2ccccc2F)CC1. The molecule has 0 N–H and O–H groups in total. The predicted molar refractivity (Wildman–Crippen MR) is 159 cm³/mol. The second-order valence-electron chi connectivity index (χ2n) is 9.83. The molecule has 0 aliphatic carbocycles. The van der Waals surface area contributed by atoms with Crippen LogP contribution in [0.1, 0.15) is 21.5 Å². The van der Waals surface area contributed by atoms with Crippen LogP contribution in [0.3, 0.4) is 0 Å². The standard InChI is InChI=1S/C32H29FN6OS/c33-28-8-4-5-9-29(28)37-18-20-38(21-19-37)31(40)27-12-10-25(11-13-27)23-41-32-36-35-30(26-14-16-34-17-15-26)39(32)22-24-6-2-1-3-7-24/h1-17H,18-23H2. The Bertz CT molecular complexity index is 1600. The monoisotopic (exact) mass is 564 g/mol. The molecule has 5 aromatic rings. The van der Waals surface area contributed by atoms with Crippen LogP contribution < -0.4 is 4.90 Å². The summed E-state index contributed by atoms with van der Waals surface area (Å²) in [5.41, 5.74) is 4.48. The van der Waals surface area contributed by atoms with E-state index in [1.807, 2.05) is 70.5 Å². The van der Waals surface area contributed by atoms with Crippen LogP contribution >= 0.6 is 11.8 Å². The molecule has 1 aliphatic rings. The van der Waals surface area contributed by atoms with Crippen LogP contribution in [0.2, 0.25) is 0 Å². The summed E-state index contributed by atoms with van der Waals surface area (Å²) in [6, 6.07) is 28.7. The van der Waals surface area contributed by atoms with Gasteiger partial charge in [0.05, 0.1) is 12.2 Å². The van der Waals surface area contributed by atoms with E-state index < -0.39 is 0 Å². The zero-order valence-electron chi connectivity index (χ0n) is 22.4. The van der Waals surface area contributed by atoms with E-state index in [1.54, 1.807) is 36.3 Å².